The first kappa shape index (κ1) is 9.73. The summed E-state index contributed by atoms with van der Waals surface area (Å²) in [7, 11) is 0. The van der Waals surface area contributed by atoms with Gasteiger partial charge < -0.3 is 10.2 Å². The van der Waals surface area contributed by atoms with Crippen LogP contribution in [0.4, 0.5) is 0 Å². The maximum atomic E-state index is 5.32. The molecule has 70 valence electrons. The molecule has 0 aliphatic heterocycles. The first-order chi connectivity index (χ1) is 6.09. The first-order valence-corrected chi connectivity index (χ1v) is 4.17. The van der Waals surface area contributed by atoms with E-state index in [2.05, 4.69) is 22.7 Å². The molecule has 1 aromatic heterocycles. The third kappa shape index (κ3) is 2.87. The third-order valence-electron chi connectivity index (χ3n) is 1.43. The van der Waals surface area contributed by atoms with Crippen LogP contribution in [0.3, 0.4) is 0 Å². The van der Waals surface area contributed by atoms with Crippen LogP contribution in [0.2, 0.25) is 0 Å². The minimum Gasteiger partial charge on any atom is -0.460 e. The Kier molecular flexibility index (Phi) is 3.02. The smallest absolute Gasteiger partial charge is 0.184 e. The summed E-state index contributed by atoms with van der Waals surface area (Å²) in [4.78, 5) is 0. The van der Waals surface area contributed by atoms with Crippen molar-refractivity contribution >= 4 is 23.0 Å². The van der Waals surface area contributed by atoms with Crippen molar-refractivity contribution in [3.8, 4) is 0 Å². The van der Waals surface area contributed by atoms with Gasteiger partial charge in [-0.15, -0.1) is 0 Å². The fourth-order valence-electron chi connectivity index (χ4n) is 0.823. The van der Waals surface area contributed by atoms with Crippen LogP contribution in [0.25, 0.3) is 0 Å². The summed E-state index contributed by atoms with van der Waals surface area (Å²) in [5.41, 5.74) is 8.41. The van der Waals surface area contributed by atoms with Crippen LogP contribution < -0.4 is 11.2 Å². The van der Waals surface area contributed by atoms with E-state index in [0.29, 0.717) is 11.5 Å². The molecule has 1 aromatic rings. The van der Waals surface area contributed by atoms with Gasteiger partial charge in [0.1, 0.15) is 17.2 Å². The summed E-state index contributed by atoms with van der Waals surface area (Å²) in [6.07, 6.45) is 0. The zero-order valence-corrected chi connectivity index (χ0v) is 8.31. The molecule has 0 saturated carbocycles. The Hall–Kier alpha value is -1.36. The van der Waals surface area contributed by atoms with E-state index >= 15 is 0 Å². The fourth-order valence-corrected chi connectivity index (χ4v) is 0.869. The van der Waals surface area contributed by atoms with Crippen LogP contribution in [0, 0.1) is 6.92 Å². The van der Waals surface area contributed by atoms with Crippen molar-refractivity contribution in [3.63, 3.8) is 0 Å². The molecule has 1 heterocycles. The average molecular weight is 197 g/mol. The number of aryl methyl sites for hydroxylation is 1. The van der Waals surface area contributed by atoms with Gasteiger partial charge in [-0.1, -0.05) is 0 Å². The molecule has 3 N–H and O–H groups in total. The van der Waals surface area contributed by atoms with Gasteiger partial charge in [-0.3, -0.25) is 5.43 Å². The second kappa shape index (κ2) is 4.04. The first-order valence-electron chi connectivity index (χ1n) is 3.76. The summed E-state index contributed by atoms with van der Waals surface area (Å²) in [5, 5.41) is 4.06. The van der Waals surface area contributed by atoms with E-state index in [-0.39, 0.29) is 5.11 Å². The highest BCUT2D eigenvalue weighted by Gasteiger charge is 2.01. The van der Waals surface area contributed by atoms with Crippen LogP contribution in [-0.2, 0) is 0 Å². The van der Waals surface area contributed by atoms with Gasteiger partial charge in [0.15, 0.2) is 5.11 Å². The number of nitrogens with one attached hydrogen (secondary N) is 1. The van der Waals surface area contributed by atoms with E-state index < -0.39 is 0 Å². The molecule has 4 nitrogen and oxygen atoms in total. The molecule has 0 aliphatic carbocycles. The highest BCUT2D eigenvalue weighted by molar-refractivity contribution is 7.80. The molecular formula is C8H11N3OS. The van der Waals surface area contributed by atoms with Crippen molar-refractivity contribution in [3.05, 3.63) is 23.7 Å². The van der Waals surface area contributed by atoms with E-state index in [4.69, 9.17) is 10.2 Å². The Bertz CT molecular complexity index is 343. The van der Waals surface area contributed by atoms with E-state index in [9.17, 15) is 0 Å². The minimum absolute atomic E-state index is 0.141. The highest BCUT2D eigenvalue weighted by Crippen LogP contribution is 2.06. The number of hydrogen-bond acceptors (Lipinski definition) is 3. The molecule has 0 aliphatic rings. The molecule has 13 heavy (non-hydrogen) atoms. The van der Waals surface area contributed by atoms with Gasteiger partial charge in [-0.05, 0) is 38.2 Å². The predicted octanol–water partition coefficient (Wildman–Crippen LogP) is 1.15. The molecule has 0 saturated heterocycles. The van der Waals surface area contributed by atoms with E-state index in [1.54, 1.807) is 0 Å². The maximum absolute atomic E-state index is 5.32. The van der Waals surface area contributed by atoms with E-state index in [0.717, 1.165) is 5.76 Å². The van der Waals surface area contributed by atoms with Crippen molar-refractivity contribution in [1.29, 1.82) is 0 Å². The van der Waals surface area contributed by atoms with Crippen LogP contribution in [0.15, 0.2) is 21.7 Å². The predicted molar refractivity (Wildman–Crippen MR) is 55.6 cm³/mol. The quantitative estimate of drug-likeness (QED) is 0.424. The molecular weight excluding hydrogens is 186 g/mol. The van der Waals surface area contributed by atoms with E-state index in [1.165, 1.54) is 0 Å². The van der Waals surface area contributed by atoms with Crippen LogP contribution in [0.5, 0.6) is 0 Å². The number of nitrogens with zero attached hydrogens (tertiary/aromatic N) is 1. The lowest BCUT2D eigenvalue weighted by atomic mass is 10.3. The van der Waals surface area contributed by atoms with Crippen molar-refractivity contribution in [2.24, 2.45) is 10.8 Å². The average Bonchev–Trinajstić information content (AvgIpc) is 2.47. The van der Waals surface area contributed by atoms with E-state index in [1.807, 2.05) is 26.0 Å². The molecule has 0 spiro atoms. The lowest BCUT2D eigenvalue weighted by molar-refractivity contribution is 0.525. The summed E-state index contributed by atoms with van der Waals surface area (Å²) in [5.74, 6) is 1.56. The second-order valence-corrected chi connectivity index (χ2v) is 3.02. The summed E-state index contributed by atoms with van der Waals surface area (Å²) < 4.78 is 5.32. The largest absolute Gasteiger partial charge is 0.460 e. The summed E-state index contributed by atoms with van der Waals surface area (Å²) in [6.45, 7) is 3.68. The summed E-state index contributed by atoms with van der Waals surface area (Å²) in [6, 6.07) is 3.71. The Morgan fingerprint density at radius 1 is 1.62 bits per heavy atom. The SMILES string of the molecule is C/C(=N\NC(N)=S)c1ccc(C)o1. The number of hydrogen-bond donors (Lipinski definition) is 2. The molecule has 5 heteroatoms. The Morgan fingerprint density at radius 2 is 2.31 bits per heavy atom. The van der Waals surface area contributed by atoms with Gasteiger partial charge in [-0.25, -0.2) is 0 Å². The molecule has 0 unspecified atom stereocenters. The topological polar surface area (TPSA) is 63.5 Å². The molecule has 0 fully saturated rings. The molecule has 0 bridgehead atoms. The second-order valence-electron chi connectivity index (χ2n) is 2.58. The van der Waals surface area contributed by atoms with Gasteiger partial charge in [0.25, 0.3) is 0 Å². The standard InChI is InChI=1S/C8H11N3OS/c1-5-3-4-7(12-5)6(2)10-11-8(9)13/h3-4H,1-2H3,(H3,9,11,13)/b10-6+. The van der Waals surface area contributed by atoms with Crippen molar-refractivity contribution in [2.45, 2.75) is 13.8 Å². The molecule has 0 radical (unpaired) electrons. The molecule has 0 atom stereocenters. The van der Waals surface area contributed by atoms with Crippen molar-refractivity contribution in [1.82, 2.24) is 5.43 Å². The van der Waals surface area contributed by atoms with Crippen LogP contribution in [0.1, 0.15) is 18.4 Å². The number of nitrogens with two attached hydrogens (primary N) is 1. The molecule has 0 amide bonds. The number of thiocarbonyl (C=S) groups is 1. The Balaban J connectivity index is 2.72. The van der Waals surface area contributed by atoms with Gasteiger partial charge >= 0.3 is 0 Å². The van der Waals surface area contributed by atoms with Gasteiger partial charge in [0.2, 0.25) is 0 Å². The fraction of sp³-hybridized carbons (Fsp3) is 0.250. The normalized spacial score (nSPS) is 11.4. The number of rotatable bonds is 2. The third-order valence-corrected chi connectivity index (χ3v) is 1.52. The zero-order chi connectivity index (χ0) is 9.84. The van der Waals surface area contributed by atoms with Gasteiger partial charge in [0, 0.05) is 0 Å². The Morgan fingerprint density at radius 3 is 2.77 bits per heavy atom. The van der Waals surface area contributed by atoms with Crippen molar-refractivity contribution in [2.75, 3.05) is 0 Å². The lowest BCUT2D eigenvalue weighted by Crippen LogP contribution is -2.25. The highest BCUT2D eigenvalue weighted by atomic mass is 32.1. The Labute approximate surface area is 81.8 Å². The van der Waals surface area contributed by atoms with Crippen molar-refractivity contribution < 1.29 is 4.42 Å². The van der Waals surface area contributed by atoms with Gasteiger partial charge in [-0.2, -0.15) is 5.10 Å². The summed E-state index contributed by atoms with van der Waals surface area (Å²) >= 11 is 4.60. The van der Waals surface area contributed by atoms with Crippen LogP contribution in [-0.4, -0.2) is 10.8 Å². The minimum atomic E-state index is 0.141. The zero-order valence-electron chi connectivity index (χ0n) is 7.50. The molecule has 1 rings (SSSR count). The number of hydrazone groups is 1. The molecule has 0 aromatic carbocycles. The lowest BCUT2D eigenvalue weighted by Gasteiger charge is -1.97. The monoisotopic (exact) mass is 197 g/mol. The van der Waals surface area contributed by atoms with Gasteiger partial charge in [0.05, 0.1) is 0 Å². The van der Waals surface area contributed by atoms with Crippen LogP contribution >= 0.6 is 12.2 Å². The maximum Gasteiger partial charge on any atom is 0.184 e. The number of furan rings is 1.